The average Bonchev–Trinajstić information content (AvgIpc) is 2.82. The number of Topliss-reactive ketones (excluding diaryl/α,β-unsaturated/α-hetero) is 1. The lowest BCUT2D eigenvalue weighted by atomic mass is 9.95. The number of fused-ring (bicyclic) bond motifs is 1. The van der Waals surface area contributed by atoms with Crippen LogP contribution in [-0.2, 0) is 24.1 Å². The molecular weight excluding hydrogens is 236 g/mol. The van der Waals surface area contributed by atoms with E-state index >= 15 is 0 Å². The van der Waals surface area contributed by atoms with Crippen LogP contribution in [0.5, 0.6) is 5.75 Å². The Hall–Kier alpha value is -2.09. The number of phenolic OH excluding ortho intramolecular Hbond substituents is 1. The summed E-state index contributed by atoms with van der Waals surface area (Å²) in [5.41, 5.74) is 3.49. The number of aromatic hydroxyl groups is 1. The Labute approximate surface area is 112 Å². The first-order chi connectivity index (χ1) is 9.22. The molecule has 1 N–H and O–H groups in total. The SMILES string of the molecule is O=C(Cc1cccc(O)c1)C1Cc2ccccc2C1. The van der Waals surface area contributed by atoms with Gasteiger partial charge in [0.05, 0.1) is 0 Å². The van der Waals surface area contributed by atoms with Gasteiger partial charge in [-0.3, -0.25) is 4.79 Å². The lowest BCUT2D eigenvalue weighted by Crippen LogP contribution is -2.17. The van der Waals surface area contributed by atoms with Crippen LogP contribution in [0.1, 0.15) is 16.7 Å². The molecule has 0 aromatic heterocycles. The van der Waals surface area contributed by atoms with Gasteiger partial charge in [0, 0.05) is 12.3 Å². The van der Waals surface area contributed by atoms with Crippen LogP contribution in [-0.4, -0.2) is 10.9 Å². The summed E-state index contributed by atoms with van der Waals surface area (Å²) in [5, 5.41) is 9.42. The maximum absolute atomic E-state index is 12.3. The molecule has 0 saturated carbocycles. The van der Waals surface area contributed by atoms with E-state index < -0.39 is 0 Å². The van der Waals surface area contributed by atoms with Crippen LogP contribution in [0.25, 0.3) is 0 Å². The monoisotopic (exact) mass is 252 g/mol. The van der Waals surface area contributed by atoms with Crippen LogP contribution < -0.4 is 0 Å². The van der Waals surface area contributed by atoms with Gasteiger partial charge in [0.1, 0.15) is 11.5 Å². The quantitative estimate of drug-likeness (QED) is 0.912. The van der Waals surface area contributed by atoms with Gasteiger partial charge in [-0.05, 0) is 41.7 Å². The predicted octanol–water partition coefficient (Wildman–Crippen LogP) is 2.92. The highest BCUT2D eigenvalue weighted by Gasteiger charge is 2.26. The highest BCUT2D eigenvalue weighted by atomic mass is 16.3. The van der Waals surface area contributed by atoms with Crippen molar-refractivity contribution in [2.24, 2.45) is 5.92 Å². The fourth-order valence-electron chi connectivity index (χ4n) is 2.80. The minimum absolute atomic E-state index is 0.0970. The fraction of sp³-hybridized carbons (Fsp3) is 0.235. The summed E-state index contributed by atoms with van der Waals surface area (Å²) in [7, 11) is 0. The Morgan fingerprint density at radius 3 is 2.37 bits per heavy atom. The van der Waals surface area contributed by atoms with Crippen molar-refractivity contribution in [1.82, 2.24) is 0 Å². The van der Waals surface area contributed by atoms with Crippen molar-refractivity contribution >= 4 is 5.78 Å². The summed E-state index contributed by atoms with van der Waals surface area (Å²) in [6, 6.07) is 15.2. The number of rotatable bonds is 3. The zero-order valence-corrected chi connectivity index (χ0v) is 10.7. The molecule has 2 heteroatoms. The third kappa shape index (κ3) is 2.53. The summed E-state index contributed by atoms with van der Waals surface area (Å²) < 4.78 is 0. The summed E-state index contributed by atoms with van der Waals surface area (Å²) >= 11 is 0. The predicted molar refractivity (Wildman–Crippen MR) is 74.2 cm³/mol. The standard InChI is InChI=1S/C17H16O2/c18-16-7-3-4-12(8-16)9-17(19)15-10-13-5-1-2-6-14(13)11-15/h1-8,15,18H,9-11H2. The summed E-state index contributed by atoms with van der Waals surface area (Å²) in [4.78, 5) is 12.3. The molecular formula is C17H16O2. The summed E-state index contributed by atoms with van der Waals surface area (Å²) in [6.07, 6.45) is 2.12. The molecule has 2 aromatic carbocycles. The molecule has 0 unspecified atom stereocenters. The van der Waals surface area contributed by atoms with Crippen LogP contribution >= 0.6 is 0 Å². The molecule has 0 spiro atoms. The van der Waals surface area contributed by atoms with Crippen LogP contribution in [0.3, 0.4) is 0 Å². The molecule has 0 amide bonds. The molecule has 0 bridgehead atoms. The molecule has 19 heavy (non-hydrogen) atoms. The molecule has 0 saturated heterocycles. The van der Waals surface area contributed by atoms with Crippen molar-refractivity contribution in [3.8, 4) is 5.75 Å². The van der Waals surface area contributed by atoms with Crippen molar-refractivity contribution < 1.29 is 9.90 Å². The van der Waals surface area contributed by atoms with E-state index in [2.05, 4.69) is 12.1 Å². The second-order valence-corrected chi connectivity index (χ2v) is 5.19. The summed E-state index contributed by atoms with van der Waals surface area (Å²) in [5.74, 6) is 0.585. The van der Waals surface area contributed by atoms with E-state index in [-0.39, 0.29) is 17.5 Å². The zero-order chi connectivity index (χ0) is 13.2. The Morgan fingerprint density at radius 2 is 1.74 bits per heavy atom. The van der Waals surface area contributed by atoms with Gasteiger partial charge in [0.2, 0.25) is 0 Å². The molecule has 0 radical (unpaired) electrons. The topological polar surface area (TPSA) is 37.3 Å². The van der Waals surface area contributed by atoms with Gasteiger partial charge in [0.15, 0.2) is 0 Å². The summed E-state index contributed by atoms with van der Waals surface area (Å²) in [6.45, 7) is 0. The number of ketones is 1. The average molecular weight is 252 g/mol. The van der Waals surface area contributed by atoms with Crippen LogP contribution in [0, 0.1) is 5.92 Å². The molecule has 0 aliphatic heterocycles. The van der Waals surface area contributed by atoms with E-state index in [0.717, 1.165) is 18.4 Å². The number of phenols is 1. The van der Waals surface area contributed by atoms with Gasteiger partial charge < -0.3 is 5.11 Å². The maximum atomic E-state index is 12.3. The lowest BCUT2D eigenvalue weighted by molar-refractivity contribution is -0.121. The largest absolute Gasteiger partial charge is 0.508 e. The van der Waals surface area contributed by atoms with Crippen molar-refractivity contribution in [3.63, 3.8) is 0 Å². The maximum Gasteiger partial charge on any atom is 0.140 e. The minimum atomic E-state index is 0.0970. The first-order valence-electron chi connectivity index (χ1n) is 6.60. The lowest BCUT2D eigenvalue weighted by Gasteiger charge is -2.08. The van der Waals surface area contributed by atoms with E-state index in [0.29, 0.717) is 6.42 Å². The molecule has 0 fully saturated rings. The zero-order valence-electron chi connectivity index (χ0n) is 10.7. The molecule has 2 aromatic rings. The molecule has 3 rings (SSSR count). The Bertz CT molecular complexity index is 591. The number of benzene rings is 2. The smallest absolute Gasteiger partial charge is 0.140 e. The first-order valence-corrected chi connectivity index (χ1v) is 6.60. The van der Waals surface area contributed by atoms with Gasteiger partial charge >= 0.3 is 0 Å². The highest BCUT2D eigenvalue weighted by Crippen LogP contribution is 2.28. The highest BCUT2D eigenvalue weighted by molar-refractivity contribution is 5.84. The second kappa shape index (κ2) is 4.88. The van der Waals surface area contributed by atoms with Crippen molar-refractivity contribution in [2.75, 3.05) is 0 Å². The van der Waals surface area contributed by atoms with Gasteiger partial charge in [-0.2, -0.15) is 0 Å². The van der Waals surface area contributed by atoms with Crippen molar-refractivity contribution in [3.05, 3.63) is 65.2 Å². The van der Waals surface area contributed by atoms with Crippen molar-refractivity contribution in [1.29, 1.82) is 0 Å². The van der Waals surface area contributed by atoms with E-state index in [1.165, 1.54) is 11.1 Å². The van der Waals surface area contributed by atoms with Crippen LogP contribution in [0.2, 0.25) is 0 Å². The molecule has 0 heterocycles. The molecule has 0 atom stereocenters. The van der Waals surface area contributed by atoms with E-state index in [4.69, 9.17) is 0 Å². The first kappa shape index (κ1) is 12.0. The molecule has 96 valence electrons. The Kier molecular flexibility index (Phi) is 3.08. The normalized spacial score (nSPS) is 14.3. The van der Waals surface area contributed by atoms with Crippen molar-refractivity contribution in [2.45, 2.75) is 19.3 Å². The fourth-order valence-corrected chi connectivity index (χ4v) is 2.80. The minimum Gasteiger partial charge on any atom is -0.508 e. The molecule has 1 aliphatic carbocycles. The van der Waals surface area contributed by atoms with Gasteiger partial charge in [0.25, 0.3) is 0 Å². The van der Waals surface area contributed by atoms with Crippen LogP contribution in [0.4, 0.5) is 0 Å². The molecule has 1 aliphatic rings. The van der Waals surface area contributed by atoms with Gasteiger partial charge in [-0.15, -0.1) is 0 Å². The van der Waals surface area contributed by atoms with E-state index in [1.807, 2.05) is 18.2 Å². The third-order valence-electron chi connectivity index (χ3n) is 3.80. The Morgan fingerprint density at radius 1 is 1.05 bits per heavy atom. The number of hydrogen-bond donors (Lipinski definition) is 1. The third-order valence-corrected chi connectivity index (χ3v) is 3.80. The van der Waals surface area contributed by atoms with Gasteiger partial charge in [-0.1, -0.05) is 36.4 Å². The number of hydrogen-bond acceptors (Lipinski definition) is 2. The second-order valence-electron chi connectivity index (χ2n) is 5.19. The number of carbonyl (C=O) groups excluding carboxylic acids is 1. The Balaban J connectivity index is 1.70. The number of carbonyl (C=O) groups is 1. The van der Waals surface area contributed by atoms with E-state index in [9.17, 15) is 9.90 Å². The van der Waals surface area contributed by atoms with E-state index in [1.54, 1.807) is 18.2 Å². The van der Waals surface area contributed by atoms with Gasteiger partial charge in [-0.25, -0.2) is 0 Å². The molecule has 2 nitrogen and oxygen atoms in total. The van der Waals surface area contributed by atoms with Crippen LogP contribution in [0.15, 0.2) is 48.5 Å².